The Labute approximate surface area is 187 Å². The van der Waals surface area contributed by atoms with Crippen LogP contribution >= 0.6 is 0 Å². The summed E-state index contributed by atoms with van der Waals surface area (Å²) < 4.78 is 11.1. The highest BCUT2D eigenvalue weighted by Crippen LogP contribution is 2.37. The van der Waals surface area contributed by atoms with E-state index in [0.717, 1.165) is 16.8 Å². The number of anilines is 1. The molecule has 0 saturated carbocycles. The van der Waals surface area contributed by atoms with E-state index in [2.05, 4.69) is 5.32 Å². The lowest BCUT2D eigenvalue weighted by Crippen LogP contribution is -2.32. The van der Waals surface area contributed by atoms with Crippen LogP contribution in [0, 0.1) is 0 Å². The first kappa shape index (κ1) is 21.4. The van der Waals surface area contributed by atoms with Crippen LogP contribution in [0.15, 0.2) is 72.8 Å². The van der Waals surface area contributed by atoms with Crippen LogP contribution in [0.1, 0.15) is 40.9 Å². The average molecular weight is 431 g/mol. The van der Waals surface area contributed by atoms with E-state index in [0.29, 0.717) is 30.2 Å². The van der Waals surface area contributed by atoms with E-state index in [1.807, 2.05) is 79.7 Å². The maximum atomic E-state index is 13.2. The van der Waals surface area contributed by atoms with E-state index in [1.54, 1.807) is 12.0 Å². The molecule has 0 aliphatic carbocycles. The van der Waals surface area contributed by atoms with Gasteiger partial charge in [-0.15, -0.1) is 0 Å². The molecule has 32 heavy (non-hydrogen) atoms. The number of carbonyl (C=O) groups is 2. The van der Waals surface area contributed by atoms with E-state index >= 15 is 0 Å². The number of methoxy groups -OCH3 is 1. The van der Waals surface area contributed by atoms with Crippen LogP contribution in [0.4, 0.5) is 5.69 Å². The van der Waals surface area contributed by atoms with Gasteiger partial charge in [0, 0.05) is 17.8 Å². The maximum absolute atomic E-state index is 13.2. The molecule has 3 aromatic rings. The van der Waals surface area contributed by atoms with Crippen LogP contribution in [-0.2, 0) is 11.3 Å². The number of nitrogens with one attached hydrogen (secondary N) is 1. The Morgan fingerprint density at radius 2 is 1.78 bits per heavy atom. The number of carbonyl (C=O) groups excluding carboxylic acids is 2. The van der Waals surface area contributed by atoms with Crippen LogP contribution in [-0.4, -0.2) is 30.4 Å². The fourth-order valence-corrected chi connectivity index (χ4v) is 4.01. The van der Waals surface area contributed by atoms with Gasteiger partial charge in [-0.1, -0.05) is 42.5 Å². The molecule has 0 radical (unpaired) electrons. The maximum Gasteiger partial charge on any atom is 0.255 e. The second-order valence-electron chi connectivity index (χ2n) is 7.57. The number of amides is 2. The minimum Gasteiger partial charge on any atom is -0.493 e. The summed E-state index contributed by atoms with van der Waals surface area (Å²) in [6.07, 6.45) is 0.117. The van der Waals surface area contributed by atoms with Gasteiger partial charge in [0.15, 0.2) is 11.5 Å². The minimum absolute atomic E-state index is 0.0778. The lowest BCUT2D eigenvalue weighted by atomic mass is 10.0. The molecule has 1 N–H and O–H groups in total. The van der Waals surface area contributed by atoms with Gasteiger partial charge in [0.25, 0.3) is 5.91 Å². The summed E-state index contributed by atoms with van der Waals surface area (Å²) >= 11 is 0. The van der Waals surface area contributed by atoms with E-state index in [1.165, 1.54) is 0 Å². The van der Waals surface area contributed by atoms with Crippen molar-refractivity contribution in [1.29, 1.82) is 0 Å². The summed E-state index contributed by atoms with van der Waals surface area (Å²) in [6, 6.07) is 22.0. The lowest BCUT2D eigenvalue weighted by molar-refractivity contribution is -0.117. The van der Waals surface area contributed by atoms with Gasteiger partial charge in [0.05, 0.1) is 26.2 Å². The summed E-state index contributed by atoms with van der Waals surface area (Å²) in [5.74, 6) is 0.952. The van der Waals surface area contributed by atoms with E-state index in [9.17, 15) is 9.59 Å². The number of rotatable bonds is 8. The molecule has 1 atom stereocenters. The minimum atomic E-state index is -0.455. The van der Waals surface area contributed by atoms with Gasteiger partial charge in [-0.05, 0) is 48.4 Å². The molecule has 1 aliphatic rings. The van der Waals surface area contributed by atoms with Crippen LogP contribution < -0.4 is 14.8 Å². The number of fused-ring (bicyclic) bond motifs is 1. The molecule has 2 amide bonds. The number of para-hydroxylation sites is 1. The summed E-state index contributed by atoms with van der Waals surface area (Å²) in [7, 11) is 1.58. The molecule has 1 heterocycles. The smallest absolute Gasteiger partial charge is 0.255 e. The molecule has 6 heteroatoms. The number of benzene rings is 3. The van der Waals surface area contributed by atoms with Gasteiger partial charge >= 0.3 is 0 Å². The fraction of sp³-hybridized carbons (Fsp3) is 0.231. The first-order valence-electron chi connectivity index (χ1n) is 10.6. The highest BCUT2D eigenvalue weighted by molar-refractivity contribution is 5.99. The van der Waals surface area contributed by atoms with Crippen molar-refractivity contribution in [2.45, 2.75) is 25.9 Å². The summed E-state index contributed by atoms with van der Waals surface area (Å²) in [4.78, 5) is 27.9. The lowest BCUT2D eigenvalue weighted by Gasteiger charge is -2.28. The molecule has 0 unspecified atom stereocenters. The summed E-state index contributed by atoms with van der Waals surface area (Å²) in [5, 5.41) is 2.93. The Kier molecular flexibility index (Phi) is 6.40. The zero-order valence-corrected chi connectivity index (χ0v) is 18.2. The first-order chi connectivity index (χ1) is 15.6. The normalized spacial score (nSPS) is 13.4. The van der Waals surface area contributed by atoms with E-state index < -0.39 is 6.04 Å². The SMILES string of the molecule is CCOc1ccc([C@H](CC(=O)Nc2ccccc2)N2Cc3ccccc3C2=O)cc1OC. The number of hydrogen-bond acceptors (Lipinski definition) is 4. The molecule has 0 aromatic heterocycles. The summed E-state index contributed by atoms with van der Waals surface area (Å²) in [6.45, 7) is 2.87. The number of hydrogen-bond donors (Lipinski definition) is 1. The zero-order chi connectivity index (χ0) is 22.5. The van der Waals surface area contributed by atoms with Crippen LogP contribution in [0.5, 0.6) is 11.5 Å². The highest BCUT2D eigenvalue weighted by Gasteiger charge is 2.34. The van der Waals surface area contributed by atoms with Crippen molar-refractivity contribution in [2.24, 2.45) is 0 Å². The number of ether oxygens (including phenoxy) is 2. The van der Waals surface area contributed by atoms with Crippen LogP contribution in [0.3, 0.4) is 0 Å². The van der Waals surface area contributed by atoms with Crippen LogP contribution in [0.2, 0.25) is 0 Å². The van der Waals surface area contributed by atoms with Crippen molar-refractivity contribution in [1.82, 2.24) is 4.90 Å². The standard InChI is InChI=1S/C26H26N2O4/c1-3-32-23-14-13-18(15-24(23)31-2)22(16-25(29)27-20-10-5-4-6-11-20)28-17-19-9-7-8-12-21(19)26(28)30/h4-15,22H,3,16-17H2,1-2H3,(H,27,29)/t22-/m0/s1. The molecule has 3 aromatic carbocycles. The van der Waals surface area contributed by atoms with E-state index in [-0.39, 0.29) is 18.2 Å². The van der Waals surface area contributed by atoms with Gasteiger partial charge in [-0.2, -0.15) is 0 Å². The molecule has 0 saturated heterocycles. The predicted octanol–water partition coefficient (Wildman–Crippen LogP) is 4.82. The van der Waals surface area contributed by atoms with Gasteiger partial charge < -0.3 is 19.7 Å². The average Bonchev–Trinajstić information content (AvgIpc) is 3.15. The molecule has 164 valence electrons. The van der Waals surface area contributed by atoms with Crippen molar-refractivity contribution in [3.8, 4) is 11.5 Å². The van der Waals surface area contributed by atoms with Gasteiger partial charge in [0.1, 0.15) is 0 Å². The third-order valence-electron chi connectivity index (χ3n) is 5.53. The van der Waals surface area contributed by atoms with Crippen molar-refractivity contribution < 1.29 is 19.1 Å². The Hall–Kier alpha value is -3.80. The molecule has 0 bridgehead atoms. The van der Waals surface area contributed by atoms with Crippen molar-refractivity contribution in [2.75, 3.05) is 19.0 Å². The first-order valence-corrected chi connectivity index (χ1v) is 10.6. The number of nitrogens with zero attached hydrogens (tertiary/aromatic N) is 1. The molecule has 1 aliphatic heterocycles. The molecule has 6 nitrogen and oxygen atoms in total. The molecular formula is C26H26N2O4. The Morgan fingerprint density at radius 1 is 1.03 bits per heavy atom. The van der Waals surface area contributed by atoms with Crippen LogP contribution in [0.25, 0.3) is 0 Å². The zero-order valence-electron chi connectivity index (χ0n) is 18.2. The largest absolute Gasteiger partial charge is 0.493 e. The van der Waals surface area contributed by atoms with Gasteiger partial charge in [0.2, 0.25) is 5.91 Å². The van der Waals surface area contributed by atoms with Gasteiger partial charge in [-0.3, -0.25) is 9.59 Å². The van der Waals surface area contributed by atoms with Crippen molar-refractivity contribution in [3.63, 3.8) is 0 Å². The Bertz CT molecular complexity index is 1110. The quantitative estimate of drug-likeness (QED) is 0.556. The van der Waals surface area contributed by atoms with Crippen molar-refractivity contribution in [3.05, 3.63) is 89.5 Å². The Morgan fingerprint density at radius 3 is 2.50 bits per heavy atom. The Balaban J connectivity index is 1.66. The summed E-state index contributed by atoms with van der Waals surface area (Å²) in [5.41, 5.74) is 3.17. The third-order valence-corrected chi connectivity index (χ3v) is 5.53. The fourth-order valence-electron chi connectivity index (χ4n) is 4.01. The molecule has 0 spiro atoms. The highest BCUT2D eigenvalue weighted by atomic mass is 16.5. The predicted molar refractivity (Wildman–Crippen MR) is 123 cm³/mol. The molecule has 4 rings (SSSR count). The molecule has 0 fully saturated rings. The van der Waals surface area contributed by atoms with Gasteiger partial charge in [-0.25, -0.2) is 0 Å². The third kappa shape index (κ3) is 4.44. The monoisotopic (exact) mass is 430 g/mol. The van der Waals surface area contributed by atoms with Crippen molar-refractivity contribution >= 4 is 17.5 Å². The second-order valence-corrected chi connectivity index (χ2v) is 7.57. The topological polar surface area (TPSA) is 67.9 Å². The second kappa shape index (κ2) is 9.56. The van der Waals surface area contributed by atoms with E-state index in [4.69, 9.17) is 9.47 Å². The molecular weight excluding hydrogens is 404 g/mol.